The molecule has 0 radical (unpaired) electrons. The third kappa shape index (κ3) is 3.06. The van der Waals surface area contributed by atoms with E-state index in [9.17, 15) is 4.79 Å². The molecule has 21 heavy (non-hydrogen) atoms. The van der Waals surface area contributed by atoms with E-state index in [0.717, 1.165) is 43.6 Å². The maximum Gasteiger partial charge on any atom is 0.320 e. The van der Waals surface area contributed by atoms with Crippen LogP contribution in [0.5, 0.6) is 0 Å². The molecule has 2 unspecified atom stereocenters. The number of aliphatic carboxylic acids is 1. The number of piperazine rings is 1. The molecule has 2 aliphatic rings. The highest BCUT2D eigenvalue weighted by Gasteiger charge is 2.27. The van der Waals surface area contributed by atoms with Crippen molar-refractivity contribution in [3.05, 3.63) is 10.6 Å². The smallest absolute Gasteiger partial charge is 0.320 e. The van der Waals surface area contributed by atoms with Crippen molar-refractivity contribution in [2.75, 3.05) is 31.1 Å². The van der Waals surface area contributed by atoms with Gasteiger partial charge in [0.15, 0.2) is 5.13 Å². The predicted octanol–water partition coefficient (Wildman–Crippen LogP) is 1.86. The summed E-state index contributed by atoms with van der Waals surface area (Å²) in [5.41, 5.74) is 1.30. The molecular weight excluding hydrogens is 286 g/mol. The molecule has 116 valence electrons. The number of hydrogen-bond donors (Lipinski definition) is 1. The highest BCUT2D eigenvalue weighted by Crippen LogP contribution is 2.34. The van der Waals surface area contributed by atoms with Gasteiger partial charge >= 0.3 is 5.97 Å². The Balaban J connectivity index is 1.64. The van der Waals surface area contributed by atoms with Crippen LogP contribution in [0.25, 0.3) is 0 Å². The summed E-state index contributed by atoms with van der Waals surface area (Å²) in [6, 6.07) is -0.391. The van der Waals surface area contributed by atoms with Gasteiger partial charge in [-0.15, -0.1) is 11.3 Å². The topological polar surface area (TPSA) is 56.7 Å². The van der Waals surface area contributed by atoms with Gasteiger partial charge in [0.1, 0.15) is 6.04 Å². The van der Waals surface area contributed by atoms with Crippen molar-refractivity contribution in [2.45, 2.75) is 39.2 Å². The van der Waals surface area contributed by atoms with Crippen LogP contribution in [-0.4, -0.2) is 53.2 Å². The van der Waals surface area contributed by atoms with Gasteiger partial charge in [-0.05, 0) is 32.1 Å². The number of aromatic nitrogens is 1. The first-order valence-electron chi connectivity index (χ1n) is 7.75. The summed E-state index contributed by atoms with van der Waals surface area (Å²) < 4.78 is 0. The maximum absolute atomic E-state index is 11.0. The summed E-state index contributed by atoms with van der Waals surface area (Å²) in [6.07, 6.45) is 3.53. The number of carboxylic acids is 1. The monoisotopic (exact) mass is 309 g/mol. The van der Waals surface area contributed by atoms with E-state index in [2.05, 4.69) is 11.8 Å². The summed E-state index contributed by atoms with van der Waals surface area (Å²) in [6.45, 7) is 7.43. The Kier molecular flexibility index (Phi) is 4.17. The molecule has 0 amide bonds. The SMILES string of the molecule is CC1CCc2nc(N3CCN(C(C)C(=O)O)CC3)sc2C1. The zero-order valence-corrected chi connectivity index (χ0v) is 13.5. The number of rotatable bonds is 3. The Hall–Kier alpha value is -1.14. The molecule has 1 aliphatic heterocycles. The second kappa shape index (κ2) is 5.93. The van der Waals surface area contributed by atoms with Crippen LogP contribution < -0.4 is 4.90 Å². The van der Waals surface area contributed by atoms with Crippen LogP contribution in [-0.2, 0) is 17.6 Å². The molecule has 1 aliphatic carbocycles. The minimum absolute atomic E-state index is 0.391. The van der Waals surface area contributed by atoms with E-state index >= 15 is 0 Å². The summed E-state index contributed by atoms with van der Waals surface area (Å²) in [5, 5.41) is 10.2. The second-order valence-electron chi connectivity index (χ2n) is 6.25. The Morgan fingerprint density at radius 1 is 1.38 bits per heavy atom. The lowest BCUT2D eigenvalue weighted by atomic mass is 9.93. The van der Waals surface area contributed by atoms with Crippen molar-refractivity contribution >= 4 is 22.4 Å². The average molecular weight is 309 g/mol. The van der Waals surface area contributed by atoms with Crippen LogP contribution in [0.15, 0.2) is 0 Å². The molecule has 1 N–H and O–H groups in total. The average Bonchev–Trinajstić information content (AvgIpc) is 2.89. The van der Waals surface area contributed by atoms with Crippen molar-refractivity contribution in [3.8, 4) is 0 Å². The number of aryl methyl sites for hydroxylation is 1. The predicted molar refractivity (Wildman–Crippen MR) is 84.2 cm³/mol. The minimum Gasteiger partial charge on any atom is -0.480 e. The first-order valence-corrected chi connectivity index (χ1v) is 8.56. The lowest BCUT2D eigenvalue weighted by Crippen LogP contribution is -2.51. The zero-order valence-electron chi connectivity index (χ0n) is 12.7. The summed E-state index contributed by atoms with van der Waals surface area (Å²) in [5.74, 6) is 0.0428. The second-order valence-corrected chi connectivity index (χ2v) is 7.31. The number of nitrogens with zero attached hydrogens (tertiary/aromatic N) is 3. The van der Waals surface area contributed by atoms with Gasteiger partial charge in [-0.3, -0.25) is 9.69 Å². The Morgan fingerprint density at radius 2 is 2.10 bits per heavy atom. The molecule has 0 aromatic carbocycles. The van der Waals surface area contributed by atoms with Gasteiger partial charge in [0.05, 0.1) is 5.69 Å². The molecule has 1 aromatic heterocycles. The molecule has 1 fully saturated rings. The molecular formula is C15H23N3O2S. The van der Waals surface area contributed by atoms with Gasteiger partial charge in [-0.1, -0.05) is 6.92 Å². The van der Waals surface area contributed by atoms with Gasteiger partial charge in [-0.2, -0.15) is 0 Å². The third-order valence-electron chi connectivity index (χ3n) is 4.66. The maximum atomic E-state index is 11.0. The Morgan fingerprint density at radius 3 is 2.76 bits per heavy atom. The largest absolute Gasteiger partial charge is 0.480 e. The van der Waals surface area contributed by atoms with Crippen LogP contribution in [0, 0.1) is 5.92 Å². The van der Waals surface area contributed by atoms with Gasteiger partial charge in [0, 0.05) is 31.1 Å². The molecule has 3 rings (SSSR count). The Labute approximate surface area is 129 Å². The molecule has 0 saturated carbocycles. The van der Waals surface area contributed by atoms with E-state index in [1.807, 2.05) is 16.2 Å². The highest BCUT2D eigenvalue weighted by molar-refractivity contribution is 7.15. The molecule has 0 bridgehead atoms. The molecule has 0 spiro atoms. The van der Waals surface area contributed by atoms with E-state index in [4.69, 9.17) is 10.1 Å². The van der Waals surface area contributed by atoms with Crippen molar-refractivity contribution in [3.63, 3.8) is 0 Å². The van der Waals surface area contributed by atoms with Gasteiger partial charge in [0.25, 0.3) is 0 Å². The Bertz CT molecular complexity index is 523. The molecule has 6 heteroatoms. The van der Waals surface area contributed by atoms with E-state index in [1.165, 1.54) is 23.4 Å². The summed E-state index contributed by atoms with van der Waals surface area (Å²) in [4.78, 5) is 21.7. The molecule has 1 aromatic rings. The standard InChI is InChI=1S/C15H23N3O2S/c1-10-3-4-12-13(9-10)21-15(16-12)18-7-5-17(6-8-18)11(2)14(19)20/h10-11H,3-9H2,1-2H3,(H,19,20). The van der Waals surface area contributed by atoms with Crippen molar-refractivity contribution in [1.82, 2.24) is 9.88 Å². The number of hydrogen-bond acceptors (Lipinski definition) is 5. The fraction of sp³-hybridized carbons (Fsp3) is 0.733. The van der Waals surface area contributed by atoms with Crippen LogP contribution in [0.2, 0.25) is 0 Å². The van der Waals surface area contributed by atoms with E-state index in [1.54, 1.807) is 6.92 Å². The molecule has 1 saturated heterocycles. The minimum atomic E-state index is -0.734. The number of fused-ring (bicyclic) bond motifs is 1. The fourth-order valence-corrected chi connectivity index (χ4v) is 4.44. The number of carboxylic acid groups (broad SMARTS) is 1. The van der Waals surface area contributed by atoms with E-state index in [-0.39, 0.29) is 0 Å². The molecule has 2 atom stereocenters. The van der Waals surface area contributed by atoms with Crippen LogP contribution >= 0.6 is 11.3 Å². The van der Waals surface area contributed by atoms with Crippen LogP contribution in [0.3, 0.4) is 0 Å². The highest BCUT2D eigenvalue weighted by atomic mass is 32.1. The molecule has 2 heterocycles. The molecule has 5 nitrogen and oxygen atoms in total. The van der Waals surface area contributed by atoms with Gasteiger partial charge in [-0.25, -0.2) is 4.98 Å². The van der Waals surface area contributed by atoms with Crippen LogP contribution in [0.1, 0.15) is 30.8 Å². The van der Waals surface area contributed by atoms with Gasteiger partial charge < -0.3 is 10.0 Å². The quantitative estimate of drug-likeness (QED) is 0.923. The van der Waals surface area contributed by atoms with Crippen molar-refractivity contribution in [1.29, 1.82) is 0 Å². The fourth-order valence-electron chi connectivity index (χ4n) is 3.12. The summed E-state index contributed by atoms with van der Waals surface area (Å²) in [7, 11) is 0. The zero-order chi connectivity index (χ0) is 15.0. The van der Waals surface area contributed by atoms with Crippen molar-refractivity contribution < 1.29 is 9.90 Å². The van der Waals surface area contributed by atoms with Crippen molar-refractivity contribution in [2.24, 2.45) is 5.92 Å². The number of carbonyl (C=O) groups is 1. The summed E-state index contributed by atoms with van der Waals surface area (Å²) >= 11 is 1.84. The van der Waals surface area contributed by atoms with Crippen LogP contribution in [0.4, 0.5) is 5.13 Å². The normalized spacial score (nSPS) is 24.7. The number of thiazole rings is 1. The first-order chi connectivity index (χ1) is 10.0. The lowest BCUT2D eigenvalue weighted by Gasteiger charge is -2.36. The van der Waals surface area contributed by atoms with E-state index < -0.39 is 12.0 Å². The van der Waals surface area contributed by atoms with E-state index in [0.29, 0.717) is 0 Å². The van der Waals surface area contributed by atoms with Gasteiger partial charge in [0.2, 0.25) is 0 Å². The third-order valence-corrected chi connectivity index (χ3v) is 5.85. The first kappa shape index (κ1) is 14.8. The number of anilines is 1. The lowest BCUT2D eigenvalue weighted by molar-refractivity contribution is -0.142.